The number of amides is 1. The maximum absolute atomic E-state index is 12.5. The van der Waals surface area contributed by atoms with Crippen LogP contribution in [0.5, 0.6) is 11.5 Å². The first-order chi connectivity index (χ1) is 23.7. The molecule has 11 nitrogen and oxygen atoms in total. The number of thioether (sulfide) groups is 1. The average molecular weight is 692 g/mol. The van der Waals surface area contributed by atoms with E-state index in [2.05, 4.69) is 44.5 Å². The number of ether oxygens (including phenoxy) is 5. The van der Waals surface area contributed by atoms with Gasteiger partial charge in [0.15, 0.2) is 11.5 Å². The summed E-state index contributed by atoms with van der Waals surface area (Å²) in [5, 5.41) is 2.94. The number of imidazole rings is 2. The topological polar surface area (TPSA) is 133 Å². The van der Waals surface area contributed by atoms with Crippen molar-refractivity contribution in [3.05, 3.63) is 60.4 Å². The fraction of sp³-hybridized carbons (Fsp3) is 0.486. The number of benzene rings is 2. The molecule has 2 aromatic heterocycles. The normalized spacial score (nSPS) is 14.2. The molecule has 0 radical (unpaired) electrons. The van der Waals surface area contributed by atoms with Crippen LogP contribution in [-0.2, 0) is 14.2 Å². The van der Waals surface area contributed by atoms with E-state index in [9.17, 15) is 4.79 Å². The minimum atomic E-state index is -0.590. The zero-order chi connectivity index (χ0) is 34.8. The van der Waals surface area contributed by atoms with Gasteiger partial charge < -0.3 is 39.0 Å². The van der Waals surface area contributed by atoms with E-state index in [-0.39, 0.29) is 6.04 Å². The molecule has 2 heterocycles. The predicted octanol–water partition coefficient (Wildman–Crippen LogP) is 7.77. The maximum atomic E-state index is 12.5. The molecule has 1 aliphatic rings. The van der Waals surface area contributed by atoms with E-state index in [1.165, 1.54) is 12.8 Å². The zero-order valence-electron chi connectivity index (χ0n) is 29.4. The Balaban J connectivity index is 1.44. The van der Waals surface area contributed by atoms with Gasteiger partial charge in [-0.3, -0.25) is 0 Å². The molecule has 5 rings (SSSR count). The molecular weight excluding hydrogens is 643 g/mol. The molecule has 1 saturated carbocycles. The lowest BCUT2D eigenvalue weighted by Crippen LogP contribution is -2.36. The van der Waals surface area contributed by atoms with E-state index in [0.717, 1.165) is 52.3 Å². The van der Waals surface area contributed by atoms with Crippen molar-refractivity contribution in [3.63, 3.8) is 0 Å². The van der Waals surface area contributed by atoms with Crippen LogP contribution in [0.1, 0.15) is 70.1 Å². The number of hydrogen-bond donors (Lipinski definition) is 3. The standard InChI is InChI=1S/C37H49N5O6S/c1-37(2,3)48-36(43)42-31(23-49-6)35-39-21-29(40-35)25-13-11-24(12-14-25)27-15-16-28(30-22-38-34(41-30)26-9-7-8-10-26)33(47-20-18-45-5)32(27)46-19-17-44-4/h11-16,21-22,26,31H,7-10,17-20,23H2,1-6H3,(H,38,41)(H,39,40)(H,42,43)/t31-/m0/s1. The molecule has 0 saturated heterocycles. The van der Waals surface area contributed by atoms with Gasteiger partial charge in [0.2, 0.25) is 0 Å². The lowest BCUT2D eigenvalue weighted by molar-refractivity contribution is 0.0507. The fourth-order valence-electron chi connectivity index (χ4n) is 5.92. The van der Waals surface area contributed by atoms with Gasteiger partial charge in [-0.1, -0.05) is 37.1 Å². The van der Waals surface area contributed by atoms with Crippen LogP contribution in [0.25, 0.3) is 33.6 Å². The second kappa shape index (κ2) is 17.1. The zero-order valence-corrected chi connectivity index (χ0v) is 30.2. The summed E-state index contributed by atoms with van der Waals surface area (Å²) in [5.74, 6) is 4.06. The van der Waals surface area contributed by atoms with E-state index >= 15 is 0 Å². The van der Waals surface area contributed by atoms with Crippen molar-refractivity contribution in [2.45, 2.75) is 64.0 Å². The second-order valence-electron chi connectivity index (χ2n) is 13.1. The number of carbonyl (C=O) groups is 1. The van der Waals surface area contributed by atoms with E-state index in [1.54, 1.807) is 32.2 Å². The highest BCUT2D eigenvalue weighted by Gasteiger charge is 2.25. The fourth-order valence-corrected chi connectivity index (χ4v) is 6.49. The maximum Gasteiger partial charge on any atom is 0.408 e. The van der Waals surface area contributed by atoms with Gasteiger partial charge in [0.1, 0.15) is 30.5 Å². The van der Waals surface area contributed by atoms with Crippen molar-refractivity contribution < 1.29 is 28.5 Å². The highest BCUT2D eigenvalue weighted by Crippen LogP contribution is 2.45. The van der Waals surface area contributed by atoms with E-state index < -0.39 is 11.7 Å². The first-order valence-electron chi connectivity index (χ1n) is 16.8. The van der Waals surface area contributed by atoms with Gasteiger partial charge in [0.25, 0.3) is 0 Å². The molecule has 49 heavy (non-hydrogen) atoms. The molecule has 0 unspecified atom stereocenters. The first-order valence-corrected chi connectivity index (χ1v) is 18.2. The van der Waals surface area contributed by atoms with Crippen molar-refractivity contribution in [2.75, 3.05) is 52.7 Å². The van der Waals surface area contributed by atoms with Crippen molar-refractivity contribution in [3.8, 4) is 45.1 Å². The van der Waals surface area contributed by atoms with Gasteiger partial charge in [0.05, 0.1) is 43.0 Å². The molecule has 1 amide bonds. The third-order valence-electron chi connectivity index (χ3n) is 8.26. The lowest BCUT2D eigenvalue weighted by Gasteiger charge is -2.22. The van der Waals surface area contributed by atoms with Crippen LogP contribution >= 0.6 is 11.8 Å². The number of nitrogens with zero attached hydrogens (tertiary/aromatic N) is 2. The molecule has 1 atom stereocenters. The van der Waals surface area contributed by atoms with Gasteiger partial charge in [-0.25, -0.2) is 14.8 Å². The molecule has 0 bridgehead atoms. The summed E-state index contributed by atoms with van der Waals surface area (Å²) in [6.07, 6.45) is 9.99. The quantitative estimate of drug-likeness (QED) is 0.101. The van der Waals surface area contributed by atoms with Gasteiger partial charge in [-0.15, -0.1) is 0 Å². The number of alkyl carbamates (subject to hydrolysis) is 1. The van der Waals surface area contributed by atoms with Gasteiger partial charge >= 0.3 is 6.09 Å². The number of methoxy groups -OCH3 is 2. The minimum absolute atomic E-state index is 0.330. The van der Waals surface area contributed by atoms with Crippen molar-refractivity contribution in [1.82, 2.24) is 25.3 Å². The largest absolute Gasteiger partial charge is 0.487 e. The van der Waals surface area contributed by atoms with Crippen LogP contribution in [0, 0.1) is 0 Å². The second-order valence-corrected chi connectivity index (χ2v) is 14.0. The highest BCUT2D eigenvalue weighted by molar-refractivity contribution is 7.98. The Morgan fingerprint density at radius 1 is 0.857 bits per heavy atom. The van der Waals surface area contributed by atoms with Crippen LogP contribution < -0.4 is 14.8 Å². The van der Waals surface area contributed by atoms with E-state index in [1.807, 2.05) is 45.4 Å². The summed E-state index contributed by atoms with van der Waals surface area (Å²) in [6, 6.07) is 12.0. The molecule has 0 spiro atoms. The first kappa shape index (κ1) is 36.3. The summed E-state index contributed by atoms with van der Waals surface area (Å²) in [6.45, 7) is 7.10. The molecule has 264 valence electrons. The number of hydrogen-bond acceptors (Lipinski definition) is 9. The van der Waals surface area contributed by atoms with Gasteiger partial charge in [-0.05, 0) is 63.1 Å². The van der Waals surface area contributed by atoms with Crippen LogP contribution in [0.3, 0.4) is 0 Å². The Kier molecular flexibility index (Phi) is 12.7. The summed E-state index contributed by atoms with van der Waals surface area (Å²) in [4.78, 5) is 28.8. The summed E-state index contributed by atoms with van der Waals surface area (Å²) < 4.78 is 28.9. The Labute approximate surface area is 293 Å². The Bertz CT molecular complexity index is 1640. The van der Waals surface area contributed by atoms with Crippen LogP contribution in [0.4, 0.5) is 4.79 Å². The van der Waals surface area contributed by atoms with Crippen molar-refractivity contribution in [1.29, 1.82) is 0 Å². The number of H-pyrrole nitrogens is 2. The number of carbonyl (C=O) groups excluding carboxylic acids is 1. The molecule has 4 aromatic rings. The molecule has 1 aliphatic carbocycles. The molecule has 2 aromatic carbocycles. The highest BCUT2D eigenvalue weighted by atomic mass is 32.2. The molecule has 3 N–H and O–H groups in total. The third kappa shape index (κ3) is 9.58. The smallest absolute Gasteiger partial charge is 0.408 e. The van der Waals surface area contributed by atoms with Gasteiger partial charge in [-0.2, -0.15) is 11.8 Å². The molecule has 0 aliphatic heterocycles. The number of rotatable bonds is 16. The summed E-state index contributed by atoms with van der Waals surface area (Å²) in [5.41, 5.74) is 4.83. The average Bonchev–Trinajstić information content (AvgIpc) is 3.87. The van der Waals surface area contributed by atoms with E-state index in [4.69, 9.17) is 28.7 Å². The minimum Gasteiger partial charge on any atom is -0.487 e. The monoisotopic (exact) mass is 691 g/mol. The van der Waals surface area contributed by atoms with Crippen LogP contribution in [0.2, 0.25) is 0 Å². The number of aromatic amines is 2. The number of nitrogens with one attached hydrogen (secondary N) is 3. The Morgan fingerprint density at radius 3 is 2.10 bits per heavy atom. The molecular formula is C37H49N5O6S. The van der Waals surface area contributed by atoms with E-state index in [0.29, 0.717) is 55.4 Å². The van der Waals surface area contributed by atoms with Crippen molar-refractivity contribution >= 4 is 17.9 Å². The Morgan fingerprint density at radius 2 is 1.47 bits per heavy atom. The lowest BCUT2D eigenvalue weighted by atomic mass is 9.98. The SMILES string of the molecule is COCCOc1c(-c2ccc(-c3cnc([C@H](CSC)NC(=O)OC(C)(C)C)[nH]3)cc2)ccc(-c2cnc(C3CCCC3)[nH]2)c1OCCOC. The van der Waals surface area contributed by atoms with Crippen LogP contribution in [0.15, 0.2) is 48.8 Å². The summed E-state index contributed by atoms with van der Waals surface area (Å²) in [7, 11) is 3.31. The van der Waals surface area contributed by atoms with Crippen LogP contribution in [-0.4, -0.2) is 84.3 Å². The Hall–Kier alpha value is -4.00. The third-order valence-corrected chi connectivity index (χ3v) is 8.93. The number of aromatic nitrogens is 4. The van der Waals surface area contributed by atoms with Gasteiger partial charge in [0, 0.05) is 37.0 Å². The molecule has 1 fully saturated rings. The predicted molar refractivity (Wildman–Crippen MR) is 193 cm³/mol. The van der Waals surface area contributed by atoms with Crippen molar-refractivity contribution in [2.24, 2.45) is 0 Å². The summed E-state index contributed by atoms with van der Waals surface area (Å²) >= 11 is 1.62. The molecule has 12 heteroatoms.